The second kappa shape index (κ2) is 12.1. The number of aromatic nitrogens is 3. The SMILES string of the molecule is CC(=O)Nc1[nH]c(/C=C2\N=C(NC(=O)C(C)NS(C)(=O)=O)c3nccnc32)c(C)c1OC(=O)C1C(C)CC(C)CC1C. The number of H-pyrrole nitrogens is 1. The third-order valence-electron chi connectivity index (χ3n) is 7.49. The molecule has 0 spiro atoms. The second-order valence-corrected chi connectivity index (χ2v) is 13.2. The molecule has 4 rings (SSSR count). The Morgan fingerprint density at radius 2 is 1.69 bits per heavy atom. The maximum atomic E-state index is 13.4. The number of fused-ring (bicyclic) bond motifs is 1. The lowest BCUT2D eigenvalue weighted by Crippen LogP contribution is -2.46. The number of nitrogens with zero attached hydrogens (tertiary/aromatic N) is 3. The molecule has 3 atom stereocenters. The summed E-state index contributed by atoms with van der Waals surface area (Å²) in [5.74, 6) is -0.176. The van der Waals surface area contributed by atoms with Crippen molar-refractivity contribution in [3.63, 3.8) is 0 Å². The number of aliphatic imine (C=N–C) groups is 1. The van der Waals surface area contributed by atoms with Gasteiger partial charge in [0, 0.05) is 30.6 Å². The van der Waals surface area contributed by atoms with Crippen molar-refractivity contribution in [2.24, 2.45) is 28.7 Å². The molecule has 2 amide bonds. The summed E-state index contributed by atoms with van der Waals surface area (Å²) in [5, 5.41) is 5.31. The molecule has 14 heteroatoms. The fraction of sp³-hybridized carbons (Fsp3) is 0.500. The van der Waals surface area contributed by atoms with Crippen molar-refractivity contribution >= 4 is 51.2 Å². The highest BCUT2D eigenvalue weighted by Crippen LogP contribution is 2.41. The molecular formula is C28H37N7O6S. The summed E-state index contributed by atoms with van der Waals surface area (Å²) in [7, 11) is -3.61. The topological polar surface area (TPSA) is 185 Å². The molecule has 3 unspecified atom stereocenters. The van der Waals surface area contributed by atoms with Gasteiger partial charge in [0.05, 0.1) is 23.9 Å². The summed E-state index contributed by atoms with van der Waals surface area (Å²) >= 11 is 0. The number of hydrogen-bond acceptors (Lipinski definition) is 9. The minimum atomic E-state index is -3.61. The lowest BCUT2D eigenvalue weighted by Gasteiger charge is -2.36. The summed E-state index contributed by atoms with van der Waals surface area (Å²) in [5.41, 5.74) is 2.08. The molecule has 1 fully saturated rings. The molecule has 3 heterocycles. The van der Waals surface area contributed by atoms with E-state index < -0.39 is 22.0 Å². The van der Waals surface area contributed by atoms with Crippen LogP contribution in [0.3, 0.4) is 0 Å². The summed E-state index contributed by atoms with van der Waals surface area (Å²) < 4.78 is 31.3. The Labute approximate surface area is 245 Å². The summed E-state index contributed by atoms with van der Waals surface area (Å²) in [6, 6.07) is -1.06. The Morgan fingerprint density at radius 1 is 1.07 bits per heavy atom. The van der Waals surface area contributed by atoms with Gasteiger partial charge < -0.3 is 20.4 Å². The number of amidine groups is 1. The zero-order chi connectivity index (χ0) is 30.9. The van der Waals surface area contributed by atoms with E-state index in [-0.39, 0.29) is 47.0 Å². The first kappa shape index (κ1) is 31.0. The molecule has 0 aromatic carbocycles. The molecule has 4 N–H and O–H groups in total. The van der Waals surface area contributed by atoms with Crippen molar-refractivity contribution in [1.82, 2.24) is 25.0 Å². The van der Waals surface area contributed by atoms with Gasteiger partial charge in [-0.1, -0.05) is 20.8 Å². The van der Waals surface area contributed by atoms with E-state index in [0.29, 0.717) is 34.3 Å². The molecule has 226 valence electrons. The smallest absolute Gasteiger partial charge is 0.315 e. The van der Waals surface area contributed by atoms with Crippen LogP contribution in [0.5, 0.6) is 5.75 Å². The van der Waals surface area contributed by atoms with Crippen LogP contribution in [0.4, 0.5) is 5.82 Å². The molecule has 1 aliphatic carbocycles. The molecule has 2 aliphatic rings. The summed E-state index contributed by atoms with van der Waals surface area (Å²) in [6.45, 7) is 10.8. The predicted molar refractivity (Wildman–Crippen MR) is 158 cm³/mol. The van der Waals surface area contributed by atoms with E-state index in [1.54, 1.807) is 13.0 Å². The molecule has 2 aromatic rings. The lowest BCUT2D eigenvalue weighted by atomic mass is 9.69. The first-order valence-electron chi connectivity index (χ1n) is 13.8. The van der Waals surface area contributed by atoms with Crippen molar-refractivity contribution in [2.45, 2.75) is 60.4 Å². The highest BCUT2D eigenvalue weighted by molar-refractivity contribution is 7.88. The number of nitrogens with one attached hydrogen (secondary N) is 4. The highest BCUT2D eigenvalue weighted by Gasteiger charge is 2.38. The molecule has 0 bridgehead atoms. The molecule has 2 aromatic heterocycles. The van der Waals surface area contributed by atoms with Gasteiger partial charge in [0.2, 0.25) is 21.8 Å². The molecule has 1 saturated carbocycles. The number of carbonyl (C=O) groups is 3. The largest absolute Gasteiger partial charge is 0.422 e. The zero-order valence-corrected chi connectivity index (χ0v) is 25.5. The minimum Gasteiger partial charge on any atom is -0.422 e. The third kappa shape index (κ3) is 6.93. The second-order valence-electron chi connectivity index (χ2n) is 11.4. The highest BCUT2D eigenvalue weighted by atomic mass is 32.2. The van der Waals surface area contributed by atoms with Gasteiger partial charge in [-0.05, 0) is 50.5 Å². The van der Waals surface area contributed by atoms with Gasteiger partial charge in [-0.3, -0.25) is 19.4 Å². The average molecular weight is 600 g/mol. The van der Waals surface area contributed by atoms with E-state index in [9.17, 15) is 22.8 Å². The van der Waals surface area contributed by atoms with Crippen LogP contribution in [-0.4, -0.2) is 59.3 Å². The van der Waals surface area contributed by atoms with E-state index in [0.717, 1.165) is 19.1 Å². The van der Waals surface area contributed by atoms with Crippen LogP contribution in [0.1, 0.15) is 70.1 Å². The Morgan fingerprint density at radius 3 is 2.29 bits per heavy atom. The maximum Gasteiger partial charge on any atom is 0.315 e. The van der Waals surface area contributed by atoms with Crippen LogP contribution in [-0.2, 0) is 24.4 Å². The van der Waals surface area contributed by atoms with Gasteiger partial charge in [-0.25, -0.2) is 23.1 Å². The monoisotopic (exact) mass is 599 g/mol. The number of esters is 1. The number of rotatable bonds is 7. The fourth-order valence-electron chi connectivity index (χ4n) is 5.83. The molecule has 42 heavy (non-hydrogen) atoms. The van der Waals surface area contributed by atoms with E-state index in [1.165, 1.54) is 26.2 Å². The van der Waals surface area contributed by atoms with Gasteiger partial charge in [0.1, 0.15) is 11.4 Å². The number of carbonyl (C=O) groups excluding carboxylic acids is 3. The van der Waals surface area contributed by atoms with Crippen molar-refractivity contribution in [3.8, 4) is 5.75 Å². The first-order chi connectivity index (χ1) is 19.6. The van der Waals surface area contributed by atoms with Crippen molar-refractivity contribution in [2.75, 3.05) is 11.6 Å². The standard InChI is InChI=1S/C28H37N7O6S/c1-13-10-14(2)21(15(3)11-13)28(38)41-24-16(4)19(32-26(24)31-18(6)36)12-20-22-23(30-9-8-29-22)25(33-20)34-27(37)17(5)35-42(7,39)40/h8-9,12-15,17,21,32,35H,10-11H2,1-7H3,(H,31,36)(H,33,34,37)/b20-12-. The van der Waals surface area contributed by atoms with E-state index in [1.807, 2.05) is 0 Å². The number of ether oxygens (including phenoxy) is 1. The fourth-order valence-corrected chi connectivity index (χ4v) is 6.58. The lowest BCUT2D eigenvalue weighted by molar-refractivity contribution is -0.144. The van der Waals surface area contributed by atoms with Gasteiger partial charge >= 0.3 is 5.97 Å². The minimum absolute atomic E-state index is 0.101. The molecule has 1 aliphatic heterocycles. The van der Waals surface area contributed by atoms with Crippen LogP contribution in [0.25, 0.3) is 11.8 Å². The Bertz CT molecular complexity index is 1570. The molecule has 0 saturated heterocycles. The van der Waals surface area contributed by atoms with E-state index >= 15 is 0 Å². The normalized spacial score (nSPS) is 23.6. The summed E-state index contributed by atoms with van der Waals surface area (Å²) in [4.78, 5) is 54.3. The Kier molecular flexibility index (Phi) is 8.97. The first-order valence-corrected chi connectivity index (χ1v) is 15.7. The maximum absolute atomic E-state index is 13.4. The molecule has 0 radical (unpaired) electrons. The van der Waals surface area contributed by atoms with Crippen molar-refractivity contribution in [1.29, 1.82) is 0 Å². The number of anilines is 1. The number of amides is 2. The average Bonchev–Trinajstić information content (AvgIpc) is 3.34. The number of aromatic amines is 1. The molecular weight excluding hydrogens is 562 g/mol. The van der Waals surface area contributed by atoms with Crippen LogP contribution in [0.15, 0.2) is 17.4 Å². The Balaban J connectivity index is 1.67. The van der Waals surface area contributed by atoms with Gasteiger partial charge in [-0.2, -0.15) is 0 Å². The van der Waals surface area contributed by atoms with E-state index in [4.69, 9.17) is 4.74 Å². The van der Waals surface area contributed by atoms with Crippen LogP contribution < -0.4 is 20.1 Å². The van der Waals surface area contributed by atoms with E-state index in [2.05, 4.69) is 56.1 Å². The molecule has 13 nitrogen and oxygen atoms in total. The quantitative estimate of drug-likeness (QED) is 0.350. The van der Waals surface area contributed by atoms with Crippen LogP contribution >= 0.6 is 0 Å². The van der Waals surface area contributed by atoms with Crippen LogP contribution in [0, 0.1) is 30.6 Å². The predicted octanol–water partition coefficient (Wildman–Crippen LogP) is 2.61. The number of hydrogen-bond donors (Lipinski definition) is 4. The van der Waals surface area contributed by atoms with Gasteiger partial charge in [0.15, 0.2) is 17.4 Å². The third-order valence-corrected chi connectivity index (χ3v) is 8.27. The van der Waals surface area contributed by atoms with Gasteiger partial charge in [0.25, 0.3) is 0 Å². The van der Waals surface area contributed by atoms with Gasteiger partial charge in [-0.15, -0.1) is 0 Å². The van der Waals surface area contributed by atoms with Crippen molar-refractivity contribution in [3.05, 3.63) is 35.0 Å². The van der Waals surface area contributed by atoms with Crippen molar-refractivity contribution < 1.29 is 27.5 Å². The number of sulfonamides is 1. The Hall–Kier alpha value is -3.91. The van der Waals surface area contributed by atoms with Crippen LogP contribution in [0.2, 0.25) is 0 Å². The zero-order valence-electron chi connectivity index (χ0n) is 24.7. The summed E-state index contributed by atoms with van der Waals surface area (Å²) in [6.07, 6.45) is 7.41.